The van der Waals surface area contributed by atoms with E-state index in [1.54, 1.807) is 4.90 Å². The average molecular weight is 358 g/mol. The molecule has 0 saturated carbocycles. The fourth-order valence-corrected chi connectivity index (χ4v) is 3.89. The second kappa shape index (κ2) is 7.78. The van der Waals surface area contributed by atoms with Crippen molar-refractivity contribution in [1.29, 1.82) is 0 Å². The largest absolute Gasteiger partial charge is 0.451 e. The lowest BCUT2D eigenvalue weighted by atomic mass is 10.0. The Hall–Kier alpha value is -2.21. The number of aryl methyl sites for hydroxylation is 1. The number of piperidine rings is 1. The van der Waals surface area contributed by atoms with Gasteiger partial charge in [0.05, 0.1) is 10.7 Å². The van der Waals surface area contributed by atoms with Gasteiger partial charge in [0.1, 0.15) is 4.88 Å². The van der Waals surface area contributed by atoms with Crippen LogP contribution in [0.3, 0.4) is 0 Å². The third kappa shape index (κ3) is 4.25. The monoisotopic (exact) mass is 358 g/mol. The van der Waals surface area contributed by atoms with Crippen molar-refractivity contribution in [2.24, 2.45) is 5.92 Å². The lowest BCUT2D eigenvalue weighted by Crippen LogP contribution is -2.41. The molecule has 132 valence electrons. The molecule has 0 radical (unpaired) electrons. The van der Waals surface area contributed by atoms with Gasteiger partial charge in [-0.15, -0.1) is 11.3 Å². The maximum Gasteiger partial charge on any atom is 0.351 e. The van der Waals surface area contributed by atoms with Crippen LogP contribution in [0.5, 0.6) is 0 Å². The second-order valence-electron chi connectivity index (χ2n) is 6.44. The number of ether oxygens (including phenoxy) is 1. The van der Waals surface area contributed by atoms with Crippen molar-refractivity contribution < 1.29 is 14.3 Å². The van der Waals surface area contributed by atoms with Crippen molar-refractivity contribution in [3.8, 4) is 11.3 Å². The van der Waals surface area contributed by atoms with Crippen LogP contribution in [0.25, 0.3) is 11.3 Å². The third-order valence-corrected chi connectivity index (χ3v) is 5.25. The summed E-state index contributed by atoms with van der Waals surface area (Å²) in [7, 11) is 0. The Labute approximate surface area is 151 Å². The smallest absolute Gasteiger partial charge is 0.351 e. The molecule has 2 aromatic rings. The Morgan fingerprint density at radius 1 is 1.32 bits per heavy atom. The van der Waals surface area contributed by atoms with Gasteiger partial charge in [0.15, 0.2) is 6.61 Å². The molecule has 1 aliphatic rings. The summed E-state index contributed by atoms with van der Waals surface area (Å²) in [5.41, 5.74) is 1.49. The lowest BCUT2D eigenvalue weighted by molar-refractivity contribution is -0.136. The van der Waals surface area contributed by atoms with Gasteiger partial charge in [-0.1, -0.05) is 37.3 Å². The van der Waals surface area contributed by atoms with E-state index in [9.17, 15) is 9.59 Å². The Morgan fingerprint density at radius 2 is 2.08 bits per heavy atom. The number of carbonyl (C=O) groups excluding carboxylic acids is 2. The van der Waals surface area contributed by atoms with Crippen molar-refractivity contribution in [2.45, 2.75) is 26.7 Å². The number of likely N-dealkylation sites (tertiary alicyclic amines) is 1. The molecule has 2 heterocycles. The molecule has 1 fully saturated rings. The molecular formula is C19H22N2O3S. The summed E-state index contributed by atoms with van der Waals surface area (Å²) in [6, 6.07) is 9.54. The number of esters is 1. The molecule has 1 atom stereocenters. The quantitative estimate of drug-likeness (QED) is 0.785. The van der Waals surface area contributed by atoms with E-state index in [4.69, 9.17) is 4.74 Å². The minimum atomic E-state index is -0.483. The highest BCUT2D eigenvalue weighted by Gasteiger charge is 2.24. The zero-order valence-electron chi connectivity index (χ0n) is 14.5. The van der Waals surface area contributed by atoms with Crippen molar-refractivity contribution in [1.82, 2.24) is 9.88 Å². The Balaban J connectivity index is 1.67. The first kappa shape index (κ1) is 17.6. The summed E-state index contributed by atoms with van der Waals surface area (Å²) >= 11 is 1.29. The van der Waals surface area contributed by atoms with E-state index < -0.39 is 5.97 Å². The standard InChI is InChI=1S/C19H22N2O3S/c1-13-7-6-10-21(11-13)16(22)12-24-19(23)18-17(20-14(2)25-18)15-8-4-3-5-9-15/h3-5,8-9,13H,6-7,10-12H2,1-2H3/t13-/m0/s1. The van der Waals surface area contributed by atoms with Crippen LogP contribution in [-0.4, -0.2) is 41.5 Å². The fraction of sp³-hybridized carbons (Fsp3) is 0.421. The number of carbonyl (C=O) groups is 2. The first-order valence-electron chi connectivity index (χ1n) is 8.52. The maximum absolute atomic E-state index is 12.5. The summed E-state index contributed by atoms with van der Waals surface area (Å²) in [6.45, 7) is 5.27. The molecule has 0 bridgehead atoms. The minimum absolute atomic E-state index is 0.123. The third-order valence-electron chi connectivity index (χ3n) is 4.30. The highest BCUT2D eigenvalue weighted by atomic mass is 32.1. The van der Waals surface area contributed by atoms with Crippen LogP contribution in [0.1, 0.15) is 34.4 Å². The highest BCUT2D eigenvalue weighted by molar-refractivity contribution is 7.14. The van der Waals surface area contributed by atoms with Gasteiger partial charge in [-0.25, -0.2) is 9.78 Å². The van der Waals surface area contributed by atoms with Gasteiger partial charge in [-0.05, 0) is 25.7 Å². The molecule has 3 rings (SSSR count). The molecule has 1 aromatic heterocycles. The van der Waals surface area contributed by atoms with Crippen LogP contribution in [0, 0.1) is 12.8 Å². The van der Waals surface area contributed by atoms with E-state index in [0.29, 0.717) is 16.5 Å². The van der Waals surface area contributed by atoms with Gasteiger partial charge in [-0.2, -0.15) is 0 Å². The van der Waals surface area contributed by atoms with Gasteiger partial charge in [0.25, 0.3) is 5.91 Å². The minimum Gasteiger partial charge on any atom is -0.451 e. The number of benzene rings is 1. The molecule has 5 nitrogen and oxygen atoms in total. The van der Waals surface area contributed by atoms with E-state index in [0.717, 1.165) is 36.5 Å². The molecule has 0 N–H and O–H groups in total. The van der Waals surface area contributed by atoms with Crippen molar-refractivity contribution >= 4 is 23.2 Å². The van der Waals surface area contributed by atoms with Gasteiger partial charge in [0, 0.05) is 18.7 Å². The first-order valence-corrected chi connectivity index (χ1v) is 9.34. The van der Waals surface area contributed by atoms with Gasteiger partial charge < -0.3 is 9.64 Å². The van der Waals surface area contributed by atoms with Crippen LogP contribution in [-0.2, 0) is 9.53 Å². The zero-order chi connectivity index (χ0) is 17.8. The fourth-order valence-electron chi connectivity index (χ4n) is 3.06. The lowest BCUT2D eigenvalue weighted by Gasteiger charge is -2.30. The molecule has 25 heavy (non-hydrogen) atoms. The van der Waals surface area contributed by atoms with Crippen molar-refractivity contribution in [3.63, 3.8) is 0 Å². The van der Waals surface area contributed by atoms with E-state index in [-0.39, 0.29) is 12.5 Å². The number of amides is 1. The topological polar surface area (TPSA) is 59.5 Å². The second-order valence-corrected chi connectivity index (χ2v) is 7.64. The Morgan fingerprint density at radius 3 is 2.80 bits per heavy atom. The normalized spacial score (nSPS) is 17.4. The van der Waals surface area contributed by atoms with E-state index in [1.165, 1.54) is 11.3 Å². The molecule has 6 heteroatoms. The number of hydrogen-bond acceptors (Lipinski definition) is 5. The molecule has 1 amide bonds. The van der Waals surface area contributed by atoms with E-state index in [2.05, 4.69) is 11.9 Å². The van der Waals surface area contributed by atoms with Gasteiger partial charge in [0.2, 0.25) is 0 Å². The summed E-state index contributed by atoms with van der Waals surface area (Å²) < 4.78 is 5.29. The SMILES string of the molecule is Cc1nc(-c2ccccc2)c(C(=O)OCC(=O)N2CCC[C@H](C)C2)s1. The van der Waals surface area contributed by atoms with Crippen molar-refractivity contribution in [3.05, 3.63) is 40.2 Å². The van der Waals surface area contributed by atoms with Crippen LogP contribution < -0.4 is 0 Å². The van der Waals surface area contributed by atoms with E-state index in [1.807, 2.05) is 37.3 Å². The number of rotatable bonds is 4. The number of hydrogen-bond donors (Lipinski definition) is 0. The molecule has 1 aliphatic heterocycles. The summed E-state index contributed by atoms with van der Waals surface area (Å²) in [5, 5.41) is 0.794. The molecule has 0 aliphatic carbocycles. The number of thiazole rings is 1. The molecule has 0 unspecified atom stereocenters. The molecular weight excluding hydrogens is 336 g/mol. The van der Waals surface area contributed by atoms with Crippen LogP contribution in [0.4, 0.5) is 0 Å². The first-order chi connectivity index (χ1) is 12.0. The van der Waals surface area contributed by atoms with E-state index >= 15 is 0 Å². The van der Waals surface area contributed by atoms with Gasteiger partial charge in [-0.3, -0.25) is 4.79 Å². The Bertz CT molecular complexity index is 757. The maximum atomic E-state index is 12.5. The predicted molar refractivity (Wildman–Crippen MR) is 97.5 cm³/mol. The molecule has 0 spiro atoms. The summed E-state index contributed by atoms with van der Waals surface area (Å²) in [6.07, 6.45) is 2.15. The molecule has 1 saturated heterocycles. The predicted octanol–water partition coefficient (Wildman–Crippen LogP) is 3.53. The Kier molecular flexibility index (Phi) is 5.48. The van der Waals surface area contributed by atoms with Crippen molar-refractivity contribution in [2.75, 3.05) is 19.7 Å². The van der Waals surface area contributed by atoms with Crippen LogP contribution >= 0.6 is 11.3 Å². The van der Waals surface area contributed by atoms with Gasteiger partial charge >= 0.3 is 5.97 Å². The van der Waals surface area contributed by atoms with Crippen LogP contribution in [0.15, 0.2) is 30.3 Å². The zero-order valence-corrected chi connectivity index (χ0v) is 15.3. The van der Waals surface area contributed by atoms with Crippen LogP contribution in [0.2, 0.25) is 0 Å². The number of aromatic nitrogens is 1. The summed E-state index contributed by atoms with van der Waals surface area (Å²) in [4.78, 5) is 31.4. The highest BCUT2D eigenvalue weighted by Crippen LogP contribution is 2.28. The number of nitrogens with zero attached hydrogens (tertiary/aromatic N) is 2. The summed E-state index contributed by atoms with van der Waals surface area (Å²) in [5.74, 6) is -0.104. The average Bonchev–Trinajstić information content (AvgIpc) is 3.02. The molecule has 1 aromatic carbocycles.